The van der Waals surface area contributed by atoms with Gasteiger partial charge in [-0.2, -0.15) is 0 Å². The summed E-state index contributed by atoms with van der Waals surface area (Å²) in [6, 6.07) is 8.81. The molecule has 2 aromatic rings. The van der Waals surface area contributed by atoms with Crippen molar-refractivity contribution in [2.45, 2.75) is 44.2 Å². The van der Waals surface area contributed by atoms with Gasteiger partial charge in [0.15, 0.2) is 0 Å². The van der Waals surface area contributed by atoms with Crippen LogP contribution in [0, 0.1) is 0 Å². The molecule has 1 fully saturated rings. The third kappa shape index (κ3) is 2.81. The van der Waals surface area contributed by atoms with E-state index in [-0.39, 0.29) is 6.04 Å². The van der Waals surface area contributed by atoms with Crippen molar-refractivity contribution in [3.63, 3.8) is 0 Å². The maximum absolute atomic E-state index is 6.30. The van der Waals surface area contributed by atoms with Gasteiger partial charge in [0.1, 0.15) is 5.82 Å². The molecule has 0 saturated heterocycles. The summed E-state index contributed by atoms with van der Waals surface area (Å²) in [5.41, 5.74) is 6.30. The van der Waals surface area contributed by atoms with Crippen LogP contribution in [-0.2, 0) is 0 Å². The van der Waals surface area contributed by atoms with Gasteiger partial charge in [-0.3, -0.25) is 0 Å². The number of nitrogens with one attached hydrogen (secondary N) is 1. The van der Waals surface area contributed by atoms with Crippen molar-refractivity contribution in [3.05, 3.63) is 34.9 Å². The molecule has 0 amide bonds. The van der Waals surface area contributed by atoms with Gasteiger partial charge in [-0.25, -0.2) is 4.98 Å². The van der Waals surface area contributed by atoms with Crippen LogP contribution in [-0.4, -0.2) is 17.1 Å². The molecule has 3 N–H and O–H groups in total. The molecule has 0 bridgehead atoms. The van der Waals surface area contributed by atoms with Crippen molar-refractivity contribution < 1.29 is 0 Å². The fourth-order valence-corrected chi connectivity index (χ4v) is 3.47. The largest absolute Gasteiger partial charge is 0.365 e. The molecule has 1 aromatic heterocycles. The Morgan fingerprint density at radius 2 is 1.95 bits per heavy atom. The molecule has 20 heavy (non-hydrogen) atoms. The highest BCUT2D eigenvalue weighted by Crippen LogP contribution is 2.29. The summed E-state index contributed by atoms with van der Waals surface area (Å²) in [5, 5.41) is 5.92. The van der Waals surface area contributed by atoms with E-state index in [1.54, 1.807) is 0 Å². The van der Waals surface area contributed by atoms with E-state index >= 15 is 0 Å². The number of nitrogens with zero attached hydrogens (tertiary/aromatic N) is 1. The molecule has 0 radical (unpaired) electrons. The number of benzene rings is 1. The average Bonchev–Trinajstić information content (AvgIpc) is 2.65. The molecule has 1 aliphatic rings. The summed E-state index contributed by atoms with van der Waals surface area (Å²) in [4.78, 5) is 4.52. The molecule has 3 nitrogen and oxygen atoms in total. The van der Waals surface area contributed by atoms with Crippen LogP contribution < -0.4 is 11.1 Å². The van der Waals surface area contributed by atoms with Crippen LogP contribution in [0.4, 0.5) is 5.82 Å². The van der Waals surface area contributed by atoms with Gasteiger partial charge in [-0.15, -0.1) is 0 Å². The standard InChI is InChI=1S/C16H20BrN3/c17-13-6-4-5-12-11(13)9-10-19-16(12)20-15-8-3-1-2-7-14(15)18/h4-6,9-10,14-15H,1-3,7-8,18H2,(H,19,20). The summed E-state index contributed by atoms with van der Waals surface area (Å²) < 4.78 is 1.10. The second-order valence-corrected chi connectivity index (χ2v) is 6.40. The van der Waals surface area contributed by atoms with Crippen LogP contribution in [0.15, 0.2) is 34.9 Å². The van der Waals surface area contributed by atoms with Crippen LogP contribution in [0.25, 0.3) is 10.8 Å². The minimum absolute atomic E-state index is 0.224. The number of nitrogens with two attached hydrogens (primary N) is 1. The van der Waals surface area contributed by atoms with Gasteiger partial charge in [0, 0.05) is 33.5 Å². The number of fused-ring (bicyclic) bond motifs is 1. The van der Waals surface area contributed by atoms with E-state index in [0.717, 1.165) is 28.5 Å². The topological polar surface area (TPSA) is 50.9 Å². The highest BCUT2D eigenvalue weighted by Gasteiger charge is 2.21. The normalized spacial score (nSPS) is 23.5. The first kappa shape index (κ1) is 13.8. The smallest absolute Gasteiger partial charge is 0.134 e. The lowest BCUT2D eigenvalue weighted by molar-refractivity contribution is 0.527. The molecule has 0 aliphatic heterocycles. The first-order valence-electron chi connectivity index (χ1n) is 7.31. The number of hydrogen-bond donors (Lipinski definition) is 2. The lowest BCUT2D eigenvalue weighted by atomic mass is 10.0. The third-order valence-corrected chi connectivity index (χ3v) is 4.84. The Morgan fingerprint density at radius 3 is 2.85 bits per heavy atom. The summed E-state index contributed by atoms with van der Waals surface area (Å²) in [7, 11) is 0. The minimum Gasteiger partial charge on any atom is -0.365 e. The average molecular weight is 334 g/mol. The van der Waals surface area contributed by atoms with Gasteiger partial charge in [0.2, 0.25) is 0 Å². The van der Waals surface area contributed by atoms with Gasteiger partial charge in [0.05, 0.1) is 0 Å². The van der Waals surface area contributed by atoms with Gasteiger partial charge >= 0.3 is 0 Å². The van der Waals surface area contributed by atoms with Crippen molar-refractivity contribution in [2.24, 2.45) is 5.73 Å². The summed E-state index contributed by atoms with van der Waals surface area (Å²) >= 11 is 3.60. The van der Waals surface area contributed by atoms with Crippen molar-refractivity contribution in [1.82, 2.24) is 4.98 Å². The second kappa shape index (κ2) is 6.10. The zero-order valence-electron chi connectivity index (χ0n) is 11.5. The van der Waals surface area contributed by atoms with Gasteiger partial charge in [-0.05, 0) is 25.0 Å². The Hall–Kier alpha value is -1.13. The molecular formula is C16H20BrN3. The predicted molar refractivity (Wildman–Crippen MR) is 87.9 cm³/mol. The Kier molecular flexibility index (Phi) is 4.22. The number of hydrogen-bond acceptors (Lipinski definition) is 3. The van der Waals surface area contributed by atoms with E-state index in [4.69, 9.17) is 5.73 Å². The highest BCUT2D eigenvalue weighted by molar-refractivity contribution is 9.10. The summed E-state index contributed by atoms with van der Waals surface area (Å²) in [6.07, 6.45) is 7.88. The fourth-order valence-electron chi connectivity index (χ4n) is 2.97. The Balaban J connectivity index is 1.92. The SMILES string of the molecule is NC1CCCCCC1Nc1nccc2c(Br)cccc12. The molecule has 1 heterocycles. The molecular weight excluding hydrogens is 314 g/mol. The van der Waals surface area contributed by atoms with Crippen LogP contribution in [0.2, 0.25) is 0 Å². The van der Waals surface area contributed by atoms with Gasteiger partial charge in [-0.1, -0.05) is 47.3 Å². The molecule has 3 rings (SSSR count). The molecule has 1 saturated carbocycles. The van der Waals surface area contributed by atoms with E-state index in [2.05, 4.69) is 38.4 Å². The second-order valence-electron chi connectivity index (χ2n) is 5.55. The monoisotopic (exact) mass is 333 g/mol. The molecule has 2 unspecified atom stereocenters. The van der Waals surface area contributed by atoms with E-state index < -0.39 is 0 Å². The summed E-state index contributed by atoms with van der Waals surface area (Å²) in [6.45, 7) is 0. The van der Waals surface area contributed by atoms with Crippen LogP contribution in [0.5, 0.6) is 0 Å². The lowest BCUT2D eigenvalue weighted by Crippen LogP contribution is -2.39. The minimum atomic E-state index is 0.224. The third-order valence-electron chi connectivity index (χ3n) is 4.14. The Labute approximate surface area is 128 Å². The molecule has 1 aliphatic carbocycles. The molecule has 106 valence electrons. The van der Waals surface area contributed by atoms with Crippen molar-refractivity contribution >= 4 is 32.5 Å². The van der Waals surface area contributed by atoms with E-state index in [1.807, 2.05) is 18.3 Å². The number of halogens is 1. The van der Waals surface area contributed by atoms with Crippen LogP contribution >= 0.6 is 15.9 Å². The Morgan fingerprint density at radius 1 is 1.10 bits per heavy atom. The fraction of sp³-hybridized carbons (Fsp3) is 0.438. The predicted octanol–water partition coefficient (Wildman–Crippen LogP) is 4.07. The molecule has 0 spiro atoms. The first-order valence-corrected chi connectivity index (χ1v) is 8.10. The quantitative estimate of drug-likeness (QED) is 0.814. The number of aromatic nitrogens is 1. The zero-order chi connectivity index (χ0) is 13.9. The number of pyridine rings is 1. The first-order chi connectivity index (χ1) is 9.75. The number of anilines is 1. The van der Waals surface area contributed by atoms with E-state index in [0.29, 0.717) is 6.04 Å². The maximum atomic E-state index is 6.30. The van der Waals surface area contributed by atoms with Crippen molar-refractivity contribution in [2.75, 3.05) is 5.32 Å². The molecule has 4 heteroatoms. The van der Waals surface area contributed by atoms with Gasteiger partial charge < -0.3 is 11.1 Å². The molecule has 1 aromatic carbocycles. The zero-order valence-corrected chi connectivity index (χ0v) is 13.1. The lowest BCUT2D eigenvalue weighted by Gasteiger charge is -2.24. The highest BCUT2D eigenvalue weighted by atomic mass is 79.9. The van der Waals surface area contributed by atoms with Crippen LogP contribution in [0.1, 0.15) is 32.1 Å². The maximum Gasteiger partial charge on any atom is 0.134 e. The molecule has 2 atom stereocenters. The number of rotatable bonds is 2. The Bertz CT molecular complexity index is 599. The van der Waals surface area contributed by atoms with Crippen molar-refractivity contribution in [3.8, 4) is 0 Å². The van der Waals surface area contributed by atoms with Gasteiger partial charge in [0.25, 0.3) is 0 Å². The van der Waals surface area contributed by atoms with E-state index in [9.17, 15) is 0 Å². The van der Waals surface area contributed by atoms with E-state index in [1.165, 1.54) is 24.6 Å². The van der Waals surface area contributed by atoms with Crippen LogP contribution in [0.3, 0.4) is 0 Å². The summed E-state index contributed by atoms with van der Waals surface area (Å²) in [5.74, 6) is 0.950. The van der Waals surface area contributed by atoms with Crippen molar-refractivity contribution in [1.29, 1.82) is 0 Å².